The summed E-state index contributed by atoms with van der Waals surface area (Å²) in [6.07, 6.45) is 8.23. The van der Waals surface area contributed by atoms with Gasteiger partial charge in [-0.25, -0.2) is 4.98 Å². The summed E-state index contributed by atoms with van der Waals surface area (Å²) >= 11 is 1.70. The van der Waals surface area contributed by atoms with Gasteiger partial charge >= 0.3 is 0 Å². The predicted octanol–water partition coefficient (Wildman–Crippen LogP) is 4.74. The number of thiophene rings is 1. The maximum atomic E-state index is 13.2. The van der Waals surface area contributed by atoms with Crippen molar-refractivity contribution in [2.24, 2.45) is 11.8 Å². The zero-order valence-electron chi connectivity index (χ0n) is 14.0. The highest BCUT2D eigenvalue weighted by atomic mass is 32.1. The van der Waals surface area contributed by atoms with Crippen molar-refractivity contribution in [3.05, 3.63) is 64.9 Å². The number of aromatic nitrogens is 2. The Morgan fingerprint density at radius 1 is 1.12 bits per heavy atom. The molecule has 0 bridgehead atoms. The van der Waals surface area contributed by atoms with E-state index in [1.165, 1.54) is 29.7 Å². The van der Waals surface area contributed by atoms with E-state index in [0.29, 0.717) is 5.78 Å². The quantitative estimate of drug-likeness (QED) is 0.682. The van der Waals surface area contributed by atoms with Crippen LogP contribution in [-0.4, -0.2) is 15.3 Å². The minimum Gasteiger partial charge on any atom is -0.320 e. The van der Waals surface area contributed by atoms with Crippen LogP contribution in [-0.2, 0) is 11.2 Å². The summed E-state index contributed by atoms with van der Waals surface area (Å²) in [5, 5.41) is 4.24. The van der Waals surface area contributed by atoms with E-state index in [4.69, 9.17) is 0 Å². The number of benzene rings is 1. The molecule has 1 fully saturated rings. The molecule has 0 amide bonds. The second-order valence-corrected chi connectivity index (χ2v) is 8.09. The van der Waals surface area contributed by atoms with Crippen LogP contribution in [0.5, 0.6) is 0 Å². The van der Waals surface area contributed by atoms with Crippen molar-refractivity contribution in [2.75, 3.05) is 0 Å². The molecule has 1 saturated carbocycles. The fourth-order valence-corrected chi connectivity index (χ4v) is 4.67. The SMILES string of the molecule is O=C1C(CC2CC2)Cc2cncn2C1c1ccc(-c2ccsc2)cc1. The van der Waals surface area contributed by atoms with Crippen molar-refractivity contribution in [2.45, 2.75) is 31.7 Å². The first kappa shape index (κ1) is 15.1. The molecule has 3 heterocycles. The highest BCUT2D eigenvalue weighted by Gasteiger charge is 2.38. The number of hydrogen-bond acceptors (Lipinski definition) is 3. The van der Waals surface area contributed by atoms with E-state index in [2.05, 4.69) is 50.6 Å². The smallest absolute Gasteiger partial charge is 0.163 e. The second kappa shape index (κ2) is 5.95. The summed E-state index contributed by atoms with van der Waals surface area (Å²) in [5.41, 5.74) is 4.70. The Bertz CT molecular complexity index is 890. The molecule has 0 saturated heterocycles. The maximum absolute atomic E-state index is 13.2. The molecule has 4 heteroatoms. The summed E-state index contributed by atoms with van der Waals surface area (Å²) < 4.78 is 2.07. The Labute approximate surface area is 151 Å². The molecule has 3 aromatic rings. The molecular weight excluding hydrogens is 328 g/mol. The number of imidazole rings is 1. The third-order valence-corrected chi connectivity index (χ3v) is 6.23. The van der Waals surface area contributed by atoms with Crippen molar-refractivity contribution >= 4 is 17.1 Å². The van der Waals surface area contributed by atoms with Gasteiger partial charge in [-0.3, -0.25) is 4.79 Å². The van der Waals surface area contributed by atoms with E-state index in [0.717, 1.165) is 24.3 Å². The van der Waals surface area contributed by atoms with Gasteiger partial charge in [-0.15, -0.1) is 0 Å². The van der Waals surface area contributed by atoms with Gasteiger partial charge in [-0.05, 0) is 52.3 Å². The number of carbonyl (C=O) groups is 1. The monoisotopic (exact) mass is 348 g/mol. The summed E-state index contributed by atoms with van der Waals surface area (Å²) in [5.74, 6) is 1.28. The van der Waals surface area contributed by atoms with Gasteiger partial charge in [0.15, 0.2) is 5.78 Å². The third-order valence-electron chi connectivity index (χ3n) is 5.55. The molecule has 0 spiro atoms. The Kier molecular flexibility index (Phi) is 3.59. The zero-order valence-corrected chi connectivity index (χ0v) is 14.8. The Hall–Kier alpha value is -2.20. The predicted molar refractivity (Wildman–Crippen MR) is 99.7 cm³/mol. The van der Waals surface area contributed by atoms with E-state index in [9.17, 15) is 4.79 Å². The van der Waals surface area contributed by atoms with E-state index >= 15 is 0 Å². The topological polar surface area (TPSA) is 34.9 Å². The molecule has 2 unspecified atom stereocenters. The average molecular weight is 348 g/mol. The molecule has 1 aliphatic carbocycles. The Morgan fingerprint density at radius 3 is 2.68 bits per heavy atom. The van der Waals surface area contributed by atoms with E-state index in [-0.39, 0.29) is 12.0 Å². The third kappa shape index (κ3) is 2.74. The fourth-order valence-electron chi connectivity index (χ4n) is 4.00. The normalized spacial score (nSPS) is 22.8. The molecule has 1 aliphatic heterocycles. The summed E-state index contributed by atoms with van der Waals surface area (Å²) in [6.45, 7) is 0. The van der Waals surface area contributed by atoms with Crippen molar-refractivity contribution in [1.82, 2.24) is 9.55 Å². The molecule has 3 nitrogen and oxygen atoms in total. The highest BCUT2D eigenvalue weighted by molar-refractivity contribution is 7.08. The lowest BCUT2D eigenvalue weighted by Crippen LogP contribution is -2.35. The van der Waals surface area contributed by atoms with E-state index < -0.39 is 0 Å². The van der Waals surface area contributed by atoms with Gasteiger partial charge in [0.2, 0.25) is 0 Å². The molecule has 0 radical (unpaired) electrons. The van der Waals surface area contributed by atoms with Crippen LogP contribution in [0.15, 0.2) is 53.6 Å². The van der Waals surface area contributed by atoms with Crippen LogP contribution in [0.25, 0.3) is 11.1 Å². The van der Waals surface area contributed by atoms with Gasteiger partial charge in [0.25, 0.3) is 0 Å². The number of fused-ring (bicyclic) bond motifs is 1. The lowest BCUT2D eigenvalue weighted by Gasteiger charge is -2.30. The van der Waals surface area contributed by atoms with Crippen molar-refractivity contribution in [3.63, 3.8) is 0 Å². The number of nitrogens with zero attached hydrogens (tertiary/aromatic N) is 2. The summed E-state index contributed by atoms with van der Waals surface area (Å²) in [7, 11) is 0. The minimum atomic E-state index is -0.216. The van der Waals surface area contributed by atoms with Crippen LogP contribution in [0, 0.1) is 11.8 Å². The van der Waals surface area contributed by atoms with Gasteiger partial charge in [0, 0.05) is 17.8 Å². The van der Waals surface area contributed by atoms with Crippen LogP contribution in [0.1, 0.15) is 36.6 Å². The zero-order chi connectivity index (χ0) is 16.8. The molecule has 0 N–H and O–H groups in total. The van der Waals surface area contributed by atoms with Crippen molar-refractivity contribution in [1.29, 1.82) is 0 Å². The van der Waals surface area contributed by atoms with Crippen LogP contribution in [0.2, 0.25) is 0 Å². The molecule has 25 heavy (non-hydrogen) atoms. The average Bonchev–Trinajstić information content (AvgIpc) is 3.10. The highest BCUT2D eigenvalue weighted by Crippen LogP contribution is 2.40. The Balaban J connectivity index is 1.49. The molecule has 5 rings (SSSR count). The first-order chi connectivity index (χ1) is 12.3. The lowest BCUT2D eigenvalue weighted by molar-refractivity contribution is -0.126. The van der Waals surface area contributed by atoms with Crippen LogP contribution < -0.4 is 0 Å². The van der Waals surface area contributed by atoms with Crippen LogP contribution in [0.3, 0.4) is 0 Å². The molecule has 1 aromatic carbocycles. The maximum Gasteiger partial charge on any atom is 0.163 e. The number of carbonyl (C=O) groups excluding carboxylic acids is 1. The second-order valence-electron chi connectivity index (χ2n) is 7.31. The van der Waals surface area contributed by atoms with E-state index in [1.807, 2.05) is 12.5 Å². The molecule has 2 aliphatic rings. The first-order valence-electron chi connectivity index (χ1n) is 8.96. The summed E-state index contributed by atoms with van der Waals surface area (Å²) in [6, 6.07) is 10.4. The van der Waals surface area contributed by atoms with Gasteiger partial charge in [0.1, 0.15) is 6.04 Å². The summed E-state index contributed by atoms with van der Waals surface area (Å²) in [4.78, 5) is 17.5. The standard InChI is InChI=1S/C21H20N2OS/c24-21-18(9-14-1-2-14)10-19-11-22-13-23(19)20(21)16-5-3-15(4-6-16)17-7-8-25-12-17/h3-8,11-14,18,20H,1-2,9-10H2. The molecule has 2 aromatic heterocycles. The number of Topliss-reactive ketones (excluding diaryl/α,β-unsaturated/α-hetero) is 1. The van der Waals surface area contributed by atoms with Crippen molar-refractivity contribution in [3.8, 4) is 11.1 Å². The fraction of sp³-hybridized carbons (Fsp3) is 0.333. The van der Waals surface area contributed by atoms with Gasteiger partial charge in [0.05, 0.1) is 6.33 Å². The van der Waals surface area contributed by atoms with Gasteiger partial charge < -0.3 is 4.57 Å². The van der Waals surface area contributed by atoms with E-state index in [1.54, 1.807) is 11.3 Å². The minimum absolute atomic E-state index is 0.151. The first-order valence-corrected chi connectivity index (χ1v) is 9.91. The number of hydrogen-bond donors (Lipinski definition) is 0. The van der Waals surface area contributed by atoms with Gasteiger partial charge in [-0.2, -0.15) is 11.3 Å². The lowest BCUT2D eigenvalue weighted by atomic mass is 9.83. The number of ketones is 1. The van der Waals surface area contributed by atoms with Crippen LogP contribution in [0.4, 0.5) is 0 Å². The number of rotatable bonds is 4. The Morgan fingerprint density at radius 2 is 1.96 bits per heavy atom. The van der Waals surface area contributed by atoms with Crippen LogP contribution >= 0.6 is 11.3 Å². The van der Waals surface area contributed by atoms with Gasteiger partial charge in [-0.1, -0.05) is 37.1 Å². The molecular formula is C21H20N2OS. The molecule has 126 valence electrons. The van der Waals surface area contributed by atoms with Crippen molar-refractivity contribution < 1.29 is 4.79 Å². The molecule has 2 atom stereocenters. The largest absolute Gasteiger partial charge is 0.320 e.